The van der Waals surface area contributed by atoms with E-state index >= 15 is 0 Å². The number of halogens is 1. The van der Waals surface area contributed by atoms with E-state index in [2.05, 4.69) is 10.3 Å². The van der Waals surface area contributed by atoms with Gasteiger partial charge in [0.1, 0.15) is 6.61 Å². The molecule has 2 aromatic carbocycles. The lowest BCUT2D eigenvalue weighted by Crippen LogP contribution is -2.44. The van der Waals surface area contributed by atoms with Crippen molar-refractivity contribution in [3.63, 3.8) is 0 Å². The van der Waals surface area contributed by atoms with Crippen molar-refractivity contribution in [3.8, 4) is 11.5 Å². The maximum Gasteiger partial charge on any atom is 0.251 e. The number of pyridine rings is 1. The Kier molecular flexibility index (Phi) is 8.03. The van der Waals surface area contributed by atoms with Gasteiger partial charge in [0.05, 0.1) is 6.61 Å². The highest BCUT2D eigenvalue weighted by Gasteiger charge is 2.35. The summed E-state index contributed by atoms with van der Waals surface area (Å²) < 4.78 is 17.3. The Hall–Kier alpha value is -3.09. The van der Waals surface area contributed by atoms with E-state index in [1.54, 1.807) is 30.6 Å². The number of aromatic nitrogens is 1. The van der Waals surface area contributed by atoms with Crippen molar-refractivity contribution < 1.29 is 19.0 Å². The maximum atomic E-state index is 13.1. The molecule has 7 heteroatoms. The molecule has 1 aliphatic heterocycles. The molecular weight excluding hydrogens is 452 g/mol. The van der Waals surface area contributed by atoms with Crippen molar-refractivity contribution in [3.05, 3.63) is 88.7 Å². The first kappa shape index (κ1) is 24.0. The number of nitrogens with one attached hydrogen (secondary N) is 1. The van der Waals surface area contributed by atoms with Gasteiger partial charge in [-0.1, -0.05) is 23.7 Å². The van der Waals surface area contributed by atoms with E-state index in [0.717, 1.165) is 24.0 Å². The van der Waals surface area contributed by atoms with Gasteiger partial charge in [-0.2, -0.15) is 0 Å². The van der Waals surface area contributed by atoms with Crippen molar-refractivity contribution in [1.82, 2.24) is 10.3 Å². The smallest absolute Gasteiger partial charge is 0.251 e. The molecule has 0 saturated carbocycles. The first-order valence-electron chi connectivity index (χ1n) is 11.5. The summed E-state index contributed by atoms with van der Waals surface area (Å²) >= 11 is 6.09. The zero-order valence-corrected chi connectivity index (χ0v) is 20.0. The molecule has 1 amide bonds. The highest BCUT2D eigenvalue weighted by molar-refractivity contribution is 6.30. The number of ether oxygens (including phenoxy) is 3. The fourth-order valence-electron chi connectivity index (χ4n) is 4.16. The molecule has 0 unspecified atom stereocenters. The predicted molar refractivity (Wildman–Crippen MR) is 132 cm³/mol. The third-order valence-corrected chi connectivity index (χ3v) is 6.40. The number of amides is 1. The first-order chi connectivity index (χ1) is 16.6. The zero-order chi connectivity index (χ0) is 23.8. The predicted octanol–water partition coefficient (Wildman–Crippen LogP) is 5.19. The van der Waals surface area contributed by atoms with Gasteiger partial charge in [-0.15, -0.1) is 0 Å². The fourth-order valence-corrected chi connectivity index (χ4v) is 4.29. The molecule has 1 saturated heterocycles. The van der Waals surface area contributed by atoms with E-state index in [1.165, 1.54) is 0 Å². The van der Waals surface area contributed by atoms with Crippen LogP contribution in [0.1, 0.15) is 41.3 Å². The molecule has 1 aliphatic rings. The van der Waals surface area contributed by atoms with Crippen LogP contribution in [-0.4, -0.2) is 37.3 Å². The number of rotatable bonds is 9. The molecule has 1 N–H and O–H groups in total. The lowest BCUT2D eigenvalue weighted by molar-refractivity contribution is 0.0487. The van der Waals surface area contributed by atoms with Crippen molar-refractivity contribution in [1.29, 1.82) is 0 Å². The van der Waals surface area contributed by atoms with Crippen LogP contribution in [-0.2, 0) is 16.8 Å². The minimum Gasteiger partial charge on any atom is -0.490 e. The third-order valence-electron chi connectivity index (χ3n) is 6.14. The van der Waals surface area contributed by atoms with E-state index in [1.807, 2.05) is 43.3 Å². The third kappa shape index (κ3) is 5.88. The first-order valence-corrected chi connectivity index (χ1v) is 11.9. The molecule has 1 aromatic heterocycles. The molecule has 4 rings (SSSR count). The largest absolute Gasteiger partial charge is 0.490 e. The molecule has 0 radical (unpaired) electrons. The number of benzene rings is 2. The van der Waals surface area contributed by atoms with Gasteiger partial charge in [0, 0.05) is 48.2 Å². The summed E-state index contributed by atoms with van der Waals surface area (Å²) in [6.45, 7) is 4.60. The number of hydrogen-bond acceptors (Lipinski definition) is 5. The average Bonchev–Trinajstić information content (AvgIpc) is 2.88. The summed E-state index contributed by atoms with van der Waals surface area (Å²) in [6, 6.07) is 17.0. The van der Waals surface area contributed by atoms with Gasteiger partial charge in [0.2, 0.25) is 0 Å². The van der Waals surface area contributed by atoms with Crippen molar-refractivity contribution in [2.45, 2.75) is 31.8 Å². The lowest BCUT2D eigenvalue weighted by atomic mass is 9.74. The van der Waals surface area contributed by atoms with Crippen LogP contribution in [0.2, 0.25) is 5.02 Å². The van der Waals surface area contributed by atoms with E-state index in [9.17, 15) is 4.79 Å². The Morgan fingerprint density at radius 1 is 1.03 bits per heavy atom. The summed E-state index contributed by atoms with van der Waals surface area (Å²) in [6.07, 6.45) is 5.12. The van der Waals surface area contributed by atoms with Crippen molar-refractivity contribution in [2.75, 3.05) is 26.4 Å². The Morgan fingerprint density at radius 3 is 2.47 bits per heavy atom. The van der Waals surface area contributed by atoms with Gasteiger partial charge >= 0.3 is 0 Å². The van der Waals surface area contributed by atoms with Crippen LogP contribution in [0.5, 0.6) is 11.5 Å². The number of carbonyl (C=O) groups is 1. The van der Waals surface area contributed by atoms with Crippen LogP contribution >= 0.6 is 11.6 Å². The summed E-state index contributed by atoms with van der Waals surface area (Å²) in [5.74, 6) is 0.987. The molecule has 0 atom stereocenters. The van der Waals surface area contributed by atoms with Gasteiger partial charge in [-0.05, 0) is 73.4 Å². The van der Waals surface area contributed by atoms with Crippen LogP contribution in [0.25, 0.3) is 0 Å². The Balaban J connectivity index is 1.47. The van der Waals surface area contributed by atoms with Crippen LogP contribution in [0, 0.1) is 0 Å². The highest BCUT2D eigenvalue weighted by atomic mass is 35.5. The second-order valence-corrected chi connectivity index (χ2v) is 8.76. The Bertz CT molecular complexity index is 1080. The van der Waals surface area contributed by atoms with Gasteiger partial charge in [0.25, 0.3) is 5.91 Å². The molecule has 6 nitrogen and oxygen atoms in total. The van der Waals surface area contributed by atoms with E-state index in [0.29, 0.717) is 55.1 Å². The molecule has 0 bridgehead atoms. The highest BCUT2D eigenvalue weighted by Crippen LogP contribution is 2.35. The van der Waals surface area contributed by atoms with Crippen LogP contribution in [0.3, 0.4) is 0 Å². The maximum absolute atomic E-state index is 13.1. The number of hydrogen-bond donors (Lipinski definition) is 1. The molecule has 34 heavy (non-hydrogen) atoms. The van der Waals surface area contributed by atoms with E-state index < -0.39 is 0 Å². The molecule has 2 heterocycles. The fraction of sp³-hybridized carbons (Fsp3) is 0.333. The summed E-state index contributed by atoms with van der Waals surface area (Å²) in [7, 11) is 0. The topological polar surface area (TPSA) is 69.7 Å². The second kappa shape index (κ2) is 11.4. The van der Waals surface area contributed by atoms with Crippen molar-refractivity contribution in [2.24, 2.45) is 0 Å². The average molecular weight is 481 g/mol. The van der Waals surface area contributed by atoms with Crippen LogP contribution in [0.15, 0.2) is 67.0 Å². The standard InChI is InChI=1S/C27H29ClN2O4/c1-2-33-25-17-21(3-8-24(25)34-18-20-9-13-29-14-10-20)26(31)30-19-27(11-15-32-16-12-27)22-4-6-23(28)7-5-22/h3-10,13-14,17H,2,11-12,15-16,18-19H2,1H3,(H,30,31). The molecule has 0 aliphatic carbocycles. The Labute approximate surface area is 205 Å². The second-order valence-electron chi connectivity index (χ2n) is 8.32. The molecular formula is C27H29ClN2O4. The summed E-state index contributed by atoms with van der Waals surface area (Å²) in [5, 5.41) is 3.84. The zero-order valence-electron chi connectivity index (χ0n) is 19.3. The van der Waals surface area contributed by atoms with Crippen LogP contribution < -0.4 is 14.8 Å². The quantitative estimate of drug-likeness (QED) is 0.456. The van der Waals surface area contributed by atoms with Gasteiger partial charge < -0.3 is 19.5 Å². The summed E-state index contributed by atoms with van der Waals surface area (Å²) in [4.78, 5) is 17.1. The van der Waals surface area contributed by atoms with E-state index in [4.69, 9.17) is 25.8 Å². The normalized spacial score (nSPS) is 14.9. The number of carbonyl (C=O) groups excluding carboxylic acids is 1. The van der Waals surface area contributed by atoms with Gasteiger partial charge in [-0.3, -0.25) is 9.78 Å². The Morgan fingerprint density at radius 2 is 1.76 bits per heavy atom. The van der Waals surface area contributed by atoms with Crippen LogP contribution in [0.4, 0.5) is 0 Å². The minimum atomic E-state index is -0.186. The lowest BCUT2D eigenvalue weighted by Gasteiger charge is -2.38. The summed E-state index contributed by atoms with van der Waals surface area (Å²) in [5.41, 5.74) is 2.51. The number of nitrogens with zero attached hydrogens (tertiary/aromatic N) is 1. The molecule has 178 valence electrons. The van der Waals surface area contributed by atoms with Crippen molar-refractivity contribution >= 4 is 17.5 Å². The minimum absolute atomic E-state index is 0.151. The SMILES string of the molecule is CCOc1cc(C(=O)NCC2(c3ccc(Cl)cc3)CCOCC2)ccc1OCc1ccncc1. The molecule has 1 fully saturated rings. The molecule has 0 spiro atoms. The van der Waals surface area contributed by atoms with Gasteiger partial charge in [-0.25, -0.2) is 0 Å². The monoisotopic (exact) mass is 480 g/mol. The van der Waals surface area contributed by atoms with Gasteiger partial charge in [0.15, 0.2) is 11.5 Å². The molecule has 3 aromatic rings. The van der Waals surface area contributed by atoms with E-state index in [-0.39, 0.29) is 11.3 Å².